The number of hydrogen-bond donors (Lipinski definition) is 1. The van der Waals surface area contributed by atoms with Crippen LogP contribution < -0.4 is 5.73 Å². The van der Waals surface area contributed by atoms with Crippen LogP contribution in [0.1, 0.15) is 84.5 Å². The Hall–Kier alpha value is -0.340. The normalized spacial score (nSPS) is 13.2. The summed E-state index contributed by atoms with van der Waals surface area (Å²) < 4.78 is 5.45. The third-order valence-corrected chi connectivity index (χ3v) is 3.39. The van der Waals surface area contributed by atoms with Gasteiger partial charge in [-0.15, -0.1) is 0 Å². The molecule has 0 fully saturated rings. The molecule has 0 amide bonds. The monoisotopic (exact) mass is 269 g/mol. The Balaban J connectivity index is 3.04. The second-order valence-electron chi connectivity index (χ2n) is 5.34. The Labute approximate surface area is 120 Å². The second kappa shape index (κ2) is 15.7. The van der Waals surface area contributed by atoms with Gasteiger partial charge in [0.1, 0.15) is 6.23 Å². The van der Waals surface area contributed by atoms with Crippen LogP contribution in [0.2, 0.25) is 0 Å². The van der Waals surface area contributed by atoms with E-state index in [4.69, 9.17) is 10.5 Å². The van der Waals surface area contributed by atoms with E-state index in [9.17, 15) is 0 Å². The van der Waals surface area contributed by atoms with Gasteiger partial charge in [0.2, 0.25) is 0 Å². The summed E-state index contributed by atoms with van der Waals surface area (Å²) >= 11 is 0. The highest BCUT2D eigenvalue weighted by molar-refractivity contribution is 4.81. The average molecular weight is 269 g/mol. The first-order valence-corrected chi connectivity index (χ1v) is 8.33. The van der Waals surface area contributed by atoms with Gasteiger partial charge in [0.15, 0.2) is 0 Å². The molecule has 0 aliphatic heterocycles. The minimum Gasteiger partial charge on any atom is -0.364 e. The molecule has 1 unspecified atom stereocenters. The van der Waals surface area contributed by atoms with E-state index in [-0.39, 0.29) is 6.23 Å². The number of hydrogen-bond acceptors (Lipinski definition) is 2. The van der Waals surface area contributed by atoms with Gasteiger partial charge in [-0.3, -0.25) is 0 Å². The molecular weight excluding hydrogens is 234 g/mol. The molecule has 114 valence electrons. The summed E-state index contributed by atoms with van der Waals surface area (Å²) in [6.45, 7) is 5.13. The van der Waals surface area contributed by atoms with E-state index in [1.807, 2.05) is 0 Å². The molecule has 0 bridgehead atoms. The largest absolute Gasteiger partial charge is 0.364 e. The van der Waals surface area contributed by atoms with Gasteiger partial charge in [-0.2, -0.15) is 0 Å². The van der Waals surface area contributed by atoms with Gasteiger partial charge >= 0.3 is 0 Å². The predicted octanol–water partition coefficient (Wildman–Crippen LogP) is 5.17. The zero-order valence-corrected chi connectivity index (χ0v) is 13.2. The summed E-state index contributed by atoms with van der Waals surface area (Å²) in [4.78, 5) is 0. The molecule has 1 atom stereocenters. The van der Waals surface area contributed by atoms with Crippen molar-refractivity contribution < 1.29 is 4.74 Å². The van der Waals surface area contributed by atoms with Crippen LogP contribution >= 0.6 is 0 Å². The van der Waals surface area contributed by atoms with Crippen molar-refractivity contribution in [2.75, 3.05) is 6.61 Å². The lowest BCUT2D eigenvalue weighted by Gasteiger charge is -2.09. The molecule has 0 aliphatic carbocycles. The highest BCUT2D eigenvalue weighted by Gasteiger charge is 1.97. The number of rotatable bonds is 14. The first-order valence-electron chi connectivity index (χ1n) is 8.33. The van der Waals surface area contributed by atoms with Gasteiger partial charge in [-0.05, 0) is 32.1 Å². The van der Waals surface area contributed by atoms with Crippen molar-refractivity contribution in [3.63, 3.8) is 0 Å². The highest BCUT2D eigenvalue weighted by atomic mass is 16.5. The molecule has 0 heterocycles. The van der Waals surface area contributed by atoms with E-state index in [0.717, 1.165) is 19.4 Å². The predicted molar refractivity (Wildman–Crippen MR) is 85.2 cm³/mol. The van der Waals surface area contributed by atoms with E-state index in [0.29, 0.717) is 0 Å². The van der Waals surface area contributed by atoms with Crippen LogP contribution in [0.4, 0.5) is 0 Å². The molecule has 19 heavy (non-hydrogen) atoms. The van der Waals surface area contributed by atoms with Crippen molar-refractivity contribution in [2.24, 2.45) is 5.73 Å². The van der Waals surface area contributed by atoms with E-state index in [1.54, 1.807) is 0 Å². The van der Waals surface area contributed by atoms with Crippen molar-refractivity contribution in [3.05, 3.63) is 12.2 Å². The van der Waals surface area contributed by atoms with E-state index in [1.165, 1.54) is 57.8 Å². The lowest BCUT2D eigenvalue weighted by atomic mass is 10.1. The minimum absolute atomic E-state index is 0.0560. The Morgan fingerprint density at radius 1 is 0.842 bits per heavy atom. The maximum atomic E-state index is 5.68. The van der Waals surface area contributed by atoms with Crippen molar-refractivity contribution in [3.8, 4) is 0 Å². The Bertz CT molecular complexity index is 192. The van der Waals surface area contributed by atoms with Crippen LogP contribution in [0.15, 0.2) is 12.2 Å². The summed E-state index contributed by atoms with van der Waals surface area (Å²) in [6, 6.07) is 0. The summed E-state index contributed by atoms with van der Waals surface area (Å²) in [5.41, 5.74) is 5.68. The third-order valence-electron chi connectivity index (χ3n) is 3.39. The van der Waals surface area contributed by atoms with E-state index < -0.39 is 0 Å². The summed E-state index contributed by atoms with van der Waals surface area (Å²) in [6.07, 6.45) is 18.6. The average Bonchev–Trinajstić information content (AvgIpc) is 2.43. The molecule has 0 rings (SSSR count). The molecule has 0 saturated carbocycles. The van der Waals surface area contributed by atoms with E-state index in [2.05, 4.69) is 26.0 Å². The molecule has 0 aliphatic rings. The standard InChI is InChI=1S/C17H35NO/c1-3-5-6-7-8-9-10-11-12-13-14-15-16-19-17(18)4-2/h7-8,17H,3-6,9-16,18H2,1-2H3/b8-7+. The molecule has 0 aromatic heterocycles. The maximum Gasteiger partial charge on any atom is 0.105 e. The minimum atomic E-state index is -0.0560. The van der Waals surface area contributed by atoms with Crippen molar-refractivity contribution in [2.45, 2.75) is 90.7 Å². The molecule has 0 saturated heterocycles. The van der Waals surface area contributed by atoms with Crippen LogP contribution in [-0.2, 0) is 4.74 Å². The first kappa shape index (κ1) is 18.7. The number of unbranched alkanes of at least 4 members (excludes halogenated alkanes) is 8. The molecule has 0 radical (unpaired) electrons. The molecule has 2 N–H and O–H groups in total. The molecule has 2 nitrogen and oxygen atoms in total. The van der Waals surface area contributed by atoms with E-state index >= 15 is 0 Å². The molecule has 0 aromatic rings. The summed E-state index contributed by atoms with van der Waals surface area (Å²) in [5.74, 6) is 0. The fourth-order valence-electron chi connectivity index (χ4n) is 1.98. The van der Waals surface area contributed by atoms with Crippen molar-refractivity contribution in [1.82, 2.24) is 0 Å². The van der Waals surface area contributed by atoms with Crippen molar-refractivity contribution >= 4 is 0 Å². The van der Waals surface area contributed by atoms with Gasteiger partial charge in [0, 0.05) is 6.61 Å². The van der Waals surface area contributed by atoms with Crippen LogP contribution in [0.5, 0.6) is 0 Å². The van der Waals surface area contributed by atoms with Gasteiger partial charge in [0.25, 0.3) is 0 Å². The Morgan fingerprint density at radius 3 is 2.05 bits per heavy atom. The van der Waals surface area contributed by atoms with Gasteiger partial charge in [-0.1, -0.05) is 64.5 Å². The number of nitrogens with two attached hydrogens (primary N) is 1. The Kier molecular flexibility index (Phi) is 15.4. The topological polar surface area (TPSA) is 35.2 Å². The van der Waals surface area contributed by atoms with Gasteiger partial charge in [-0.25, -0.2) is 0 Å². The van der Waals surface area contributed by atoms with Gasteiger partial charge < -0.3 is 10.5 Å². The fourth-order valence-corrected chi connectivity index (χ4v) is 1.98. The molecular formula is C17H35NO. The smallest absolute Gasteiger partial charge is 0.105 e. The van der Waals surface area contributed by atoms with Crippen LogP contribution in [0.3, 0.4) is 0 Å². The number of allylic oxidation sites excluding steroid dienone is 2. The number of ether oxygens (including phenoxy) is 1. The summed E-state index contributed by atoms with van der Waals surface area (Å²) in [5, 5.41) is 0. The molecule has 2 heteroatoms. The van der Waals surface area contributed by atoms with Crippen LogP contribution in [-0.4, -0.2) is 12.8 Å². The molecule has 0 spiro atoms. The Morgan fingerprint density at radius 2 is 1.42 bits per heavy atom. The van der Waals surface area contributed by atoms with Crippen LogP contribution in [0.25, 0.3) is 0 Å². The quantitative estimate of drug-likeness (QED) is 0.268. The van der Waals surface area contributed by atoms with Crippen molar-refractivity contribution in [1.29, 1.82) is 0 Å². The second-order valence-corrected chi connectivity index (χ2v) is 5.34. The first-order chi connectivity index (χ1) is 9.31. The maximum absolute atomic E-state index is 5.68. The van der Waals surface area contributed by atoms with Gasteiger partial charge in [0.05, 0.1) is 0 Å². The lowest BCUT2D eigenvalue weighted by Crippen LogP contribution is -2.22. The summed E-state index contributed by atoms with van der Waals surface area (Å²) in [7, 11) is 0. The molecule has 0 aromatic carbocycles. The fraction of sp³-hybridized carbons (Fsp3) is 0.882. The third kappa shape index (κ3) is 15.6. The lowest BCUT2D eigenvalue weighted by molar-refractivity contribution is 0.0526. The highest BCUT2D eigenvalue weighted by Crippen LogP contribution is 2.08. The zero-order valence-electron chi connectivity index (χ0n) is 13.2. The SMILES string of the molecule is CCCC/C=C/CCCCCCCCOC(N)CC. The van der Waals surface area contributed by atoms with Crippen LogP contribution in [0, 0.1) is 0 Å². The zero-order chi connectivity index (χ0) is 14.2.